The molecule has 1 heterocycles. The Kier molecular flexibility index (Phi) is 4.60. The van der Waals surface area contributed by atoms with Gasteiger partial charge in [-0.2, -0.15) is 0 Å². The van der Waals surface area contributed by atoms with Crippen molar-refractivity contribution in [2.75, 3.05) is 19.0 Å². The number of aryl methyl sites for hydroxylation is 1. The third kappa shape index (κ3) is 3.16. The number of rotatable bonds is 3. The Hall–Kier alpha value is -2.27. The number of anilines is 1. The highest BCUT2D eigenvalue weighted by Gasteiger charge is 2.16. The number of hydrogen-bond acceptors (Lipinski definition) is 5. The van der Waals surface area contributed by atoms with Crippen LogP contribution in [0.15, 0.2) is 28.4 Å². The van der Waals surface area contributed by atoms with Crippen LogP contribution in [-0.4, -0.2) is 19.1 Å². The fraction of sp³-hybridized carbons (Fsp3) is 0.350. The minimum atomic E-state index is 0.700. The number of benzene rings is 2. The number of fused-ring (bicyclic) bond motifs is 1. The molecule has 0 fully saturated rings. The summed E-state index contributed by atoms with van der Waals surface area (Å²) >= 11 is 1.58. The number of nitrogens with zero attached hydrogens (tertiary/aromatic N) is 4. The second-order valence-corrected chi connectivity index (χ2v) is 7.77. The van der Waals surface area contributed by atoms with Crippen LogP contribution in [0.5, 0.6) is 0 Å². The van der Waals surface area contributed by atoms with E-state index >= 15 is 0 Å². The van der Waals surface area contributed by atoms with Crippen LogP contribution in [-0.2, 0) is 0 Å². The SMILES string of the molecule is Cc1ccc2nc(N=Nc3c(C)c(C)c(N(C)C)c(C)c3C)sc2c1. The summed E-state index contributed by atoms with van der Waals surface area (Å²) in [4.78, 5) is 6.74. The summed E-state index contributed by atoms with van der Waals surface area (Å²) in [5.41, 5.74) is 9.29. The highest BCUT2D eigenvalue weighted by molar-refractivity contribution is 7.21. The van der Waals surface area contributed by atoms with Gasteiger partial charge in [-0.3, -0.25) is 0 Å². The van der Waals surface area contributed by atoms with Crippen molar-refractivity contribution < 1.29 is 0 Å². The Balaban J connectivity index is 2.06. The molecule has 0 saturated carbocycles. The Morgan fingerprint density at radius 3 is 2.12 bits per heavy atom. The number of thiazole rings is 1. The van der Waals surface area contributed by atoms with Crippen LogP contribution < -0.4 is 4.90 Å². The molecular weight excluding hydrogens is 328 g/mol. The molecule has 0 saturated heterocycles. The second-order valence-electron chi connectivity index (χ2n) is 6.76. The number of azo groups is 1. The average Bonchev–Trinajstić information content (AvgIpc) is 2.94. The lowest BCUT2D eigenvalue weighted by molar-refractivity contribution is 1.06. The highest BCUT2D eigenvalue weighted by atomic mass is 32.1. The molecule has 1 aromatic heterocycles. The largest absolute Gasteiger partial charge is 0.377 e. The van der Waals surface area contributed by atoms with Gasteiger partial charge in [-0.1, -0.05) is 17.4 Å². The molecule has 2 aromatic carbocycles. The first kappa shape index (κ1) is 17.5. The van der Waals surface area contributed by atoms with Crippen molar-refractivity contribution in [3.8, 4) is 0 Å². The van der Waals surface area contributed by atoms with Crippen molar-refractivity contribution >= 4 is 38.1 Å². The summed E-state index contributed by atoms with van der Waals surface area (Å²) in [6.07, 6.45) is 0. The van der Waals surface area contributed by atoms with E-state index < -0.39 is 0 Å². The van der Waals surface area contributed by atoms with Gasteiger partial charge in [-0.25, -0.2) is 4.98 Å². The predicted octanol–water partition coefficient (Wildman–Crippen LogP) is 6.32. The first-order chi connectivity index (χ1) is 11.8. The van der Waals surface area contributed by atoms with Gasteiger partial charge in [-0.05, 0) is 74.6 Å². The molecule has 0 amide bonds. The number of hydrogen-bond donors (Lipinski definition) is 0. The van der Waals surface area contributed by atoms with Crippen molar-refractivity contribution in [2.45, 2.75) is 34.6 Å². The van der Waals surface area contributed by atoms with Crippen LogP contribution in [0.3, 0.4) is 0 Å². The lowest BCUT2D eigenvalue weighted by Crippen LogP contribution is -2.13. The maximum Gasteiger partial charge on any atom is 0.231 e. The van der Waals surface area contributed by atoms with Crippen molar-refractivity contribution in [1.29, 1.82) is 0 Å². The molecule has 0 aliphatic heterocycles. The second kappa shape index (κ2) is 6.56. The maximum atomic E-state index is 4.57. The minimum absolute atomic E-state index is 0.700. The van der Waals surface area contributed by atoms with Gasteiger partial charge in [0.15, 0.2) is 0 Å². The Morgan fingerprint density at radius 1 is 0.880 bits per heavy atom. The first-order valence-corrected chi connectivity index (χ1v) is 9.18. The van der Waals surface area contributed by atoms with Gasteiger partial charge in [0.25, 0.3) is 0 Å². The molecule has 0 bridgehead atoms. The highest BCUT2D eigenvalue weighted by Crippen LogP contribution is 2.38. The summed E-state index contributed by atoms with van der Waals surface area (Å²) in [6, 6.07) is 6.25. The fourth-order valence-electron chi connectivity index (χ4n) is 3.25. The molecule has 0 atom stereocenters. The third-order valence-corrected chi connectivity index (χ3v) is 5.66. The summed E-state index contributed by atoms with van der Waals surface area (Å²) in [6.45, 7) is 10.6. The Labute approximate surface area is 153 Å². The number of aromatic nitrogens is 1. The van der Waals surface area contributed by atoms with Crippen LogP contribution in [0, 0.1) is 34.6 Å². The molecule has 0 aliphatic carbocycles. The topological polar surface area (TPSA) is 40.9 Å². The van der Waals surface area contributed by atoms with Crippen molar-refractivity contribution in [1.82, 2.24) is 4.98 Å². The smallest absolute Gasteiger partial charge is 0.231 e. The van der Waals surface area contributed by atoms with E-state index in [9.17, 15) is 0 Å². The van der Waals surface area contributed by atoms with E-state index in [1.165, 1.54) is 33.5 Å². The lowest BCUT2D eigenvalue weighted by atomic mass is 9.96. The summed E-state index contributed by atoms with van der Waals surface area (Å²) in [7, 11) is 4.16. The molecule has 3 aromatic rings. The average molecular weight is 353 g/mol. The van der Waals surface area contributed by atoms with Gasteiger partial charge < -0.3 is 4.90 Å². The summed E-state index contributed by atoms with van der Waals surface area (Å²) in [5, 5.41) is 9.71. The molecule has 4 nitrogen and oxygen atoms in total. The van der Waals surface area contributed by atoms with E-state index in [1.54, 1.807) is 11.3 Å². The predicted molar refractivity (Wildman–Crippen MR) is 108 cm³/mol. The van der Waals surface area contributed by atoms with Crippen molar-refractivity contribution in [3.05, 3.63) is 46.0 Å². The van der Waals surface area contributed by atoms with E-state index in [0.717, 1.165) is 15.9 Å². The van der Waals surface area contributed by atoms with Gasteiger partial charge in [0.2, 0.25) is 5.13 Å². The lowest BCUT2D eigenvalue weighted by Gasteiger charge is -2.23. The molecule has 25 heavy (non-hydrogen) atoms. The molecule has 0 N–H and O–H groups in total. The van der Waals surface area contributed by atoms with E-state index in [1.807, 2.05) is 6.07 Å². The third-order valence-electron chi connectivity index (χ3n) is 4.76. The maximum absolute atomic E-state index is 4.57. The van der Waals surface area contributed by atoms with E-state index in [0.29, 0.717) is 5.13 Å². The molecule has 0 radical (unpaired) electrons. The van der Waals surface area contributed by atoms with E-state index in [2.05, 4.69) is 81.0 Å². The van der Waals surface area contributed by atoms with Crippen LogP contribution >= 0.6 is 11.3 Å². The first-order valence-electron chi connectivity index (χ1n) is 8.36. The van der Waals surface area contributed by atoms with Crippen LogP contribution in [0.4, 0.5) is 16.5 Å². The van der Waals surface area contributed by atoms with E-state index in [4.69, 9.17) is 0 Å². The molecular formula is C20H24N4S. The van der Waals surface area contributed by atoms with Gasteiger partial charge in [-0.15, -0.1) is 10.2 Å². The molecule has 130 valence electrons. The molecule has 5 heteroatoms. The zero-order valence-corrected chi connectivity index (χ0v) is 16.7. The van der Waals surface area contributed by atoms with Gasteiger partial charge in [0.05, 0.1) is 15.9 Å². The van der Waals surface area contributed by atoms with Crippen molar-refractivity contribution in [3.63, 3.8) is 0 Å². The quantitative estimate of drug-likeness (QED) is 0.517. The minimum Gasteiger partial charge on any atom is -0.377 e. The standard InChI is InChI=1S/C20H24N4S/c1-11-8-9-16-17(10-11)25-20(21-16)23-22-18-12(2)14(4)19(24(6)7)15(5)13(18)3/h8-10H,1-7H3. The van der Waals surface area contributed by atoms with Gasteiger partial charge in [0.1, 0.15) is 0 Å². The summed E-state index contributed by atoms with van der Waals surface area (Å²) in [5.74, 6) is 0. The Morgan fingerprint density at radius 2 is 1.52 bits per heavy atom. The molecule has 0 aliphatic rings. The van der Waals surface area contributed by atoms with Gasteiger partial charge in [0, 0.05) is 19.8 Å². The van der Waals surface area contributed by atoms with E-state index in [-0.39, 0.29) is 0 Å². The van der Waals surface area contributed by atoms with Crippen LogP contribution in [0.2, 0.25) is 0 Å². The Bertz CT molecular complexity index is 954. The van der Waals surface area contributed by atoms with Crippen LogP contribution in [0.25, 0.3) is 10.2 Å². The normalized spacial score (nSPS) is 11.6. The zero-order valence-electron chi connectivity index (χ0n) is 15.9. The molecule has 0 spiro atoms. The fourth-order valence-corrected chi connectivity index (χ4v) is 4.13. The van der Waals surface area contributed by atoms with Gasteiger partial charge >= 0.3 is 0 Å². The zero-order chi connectivity index (χ0) is 18.3. The monoisotopic (exact) mass is 352 g/mol. The van der Waals surface area contributed by atoms with Crippen molar-refractivity contribution in [2.24, 2.45) is 10.2 Å². The molecule has 0 unspecified atom stereocenters. The molecule has 3 rings (SSSR count). The van der Waals surface area contributed by atoms with Crippen LogP contribution in [0.1, 0.15) is 27.8 Å². The summed E-state index contributed by atoms with van der Waals surface area (Å²) < 4.78 is 1.15.